The Balaban J connectivity index is 1.70. The van der Waals surface area contributed by atoms with Crippen molar-refractivity contribution < 1.29 is 13.2 Å². The summed E-state index contributed by atoms with van der Waals surface area (Å²) in [6, 6.07) is 11.3. The van der Waals surface area contributed by atoms with Crippen molar-refractivity contribution in [2.75, 3.05) is 27.2 Å². The van der Waals surface area contributed by atoms with Gasteiger partial charge in [0.1, 0.15) is 6.10 Å². The van der Waals surface area contributed by atoms with Crippen LogP contribution in [0.15, 0.2) is 41.3 Å². The third kappa shape index (κ3) is 3.89. The van der Waals surface area contributed by atoms with Gasteiger partial charge in [0.25, 0.3) is 0 Å². The van der Waals surface area contributed by atoms with E-state index < -0.39 is 10.0 Å². The molecule has 5 nitrogen and oxygen atoms in total. The average molecular weight is 455 g/mol. The summed E-state index contributed by atoms with van der Waals surface area (Å²) in [5, 5.41) is 0.393. The van der Waals surface area contributed by atoms with Gasteiger partial charge in [-0.2, -0.15) is 0 Å². The molecule has 1 aliphatic heterocycles. The van der Waals surface area contributed by atoms with Crippen LogP contribution in [0.25, 0.3) is 0 Å². The average Bonchev–Trinajstić information content (AvgIpc) is 3.32. The number of hydrogen-bond acceptors (Lipinski definition) is 4. The second kappa shape index (κ2) is 8.08. The number of halogens is 2. The van der Waals surface area contributed by atoms with Gasteiger partial charge in [0.2, 0.25) is 10.0 Å². The van der Waals surface area contributed by atoms with Crippen molar-refractivity contribution in [1.82, 2.24) is 9.21 Å². The third-order valence-electron chi connectivity index (χ3n) is 5.75. The Morgan fingerprint density at radius 1 is 1.07 bits per heavy atom. The molecule has 8 heteroatoms. The van der Waals surface area contributed by atoms with Gasteiger partial charge in [0, 0.05) is 14.1 Å². The molecule has 1 aliphatic carbocycles. The van der Waals surface area contributed by atoms with Crippen LogP contribution in [0.1, 0.15) is 30.1 Å². The topological polar surface area (TPSA) is 49.9 Å². The van der Waals surface area contributed by atoms with Gasteiger partial charge in [0.05, 0.1) is 21.0 Å². The summed E-state index contributed by atoms with van der Waals surface area (Å²) in [4.78, 5) is 2.52. The molecule has 0 saturated carbocycles. The zero-order chi connectivity index (χ0) is 20.8. The summed E-state index contributed by atoms with van der Waals surface area (Å²) in [6.45, 7) is 2.11. The number of benzene rings is 2. The van der Waals surface area contributed by atoms with E-state index >= 15 is 0 Å². The van der Waals surface area contributed by atoms with Crippen molar-refractivity contribution in [3.63, 3.8) is 0 Å². The second-order valence-electron chi connectivity index (χ2n) is 7.76. The van der Waals surface area contributed by atoms with Gasteiger partial charge in [-0.15, -0.1) is 0 Å². The van der Waals surface area contributed by atoms with Crippen molar-refractivity contribution in [2.24, 2.45) is 0 Å². The molecule has 0 unspecified atom stereocenters. The lowest BCUT2D eigenvalue weighted by molar-refractivity contribution is 0.0942. The smallest absolute Gasteiger partial charge is 0.242 e. The maximum atomic E-state index is 12.4. The predicted octanol–water partition coefficient (Wildman–Crippen LogP) is 4.38. The summed E-state index contributed by atoms with van der Waals surface area (Å²) in [6.07, 6.45) is 3.11. The molecule has 0 bridgehead atoms. The van der Waals surface area contributed by atoms with E-state index in [9.17, 15) is 8.42 Å². The highest BCUT2D eigenvalue weighted by Crippen LogP contribution is 2.44. The zero-order valence-corrected chi connectivity index (χ0v) is 18.8. The summed E-state index contributed by atoms with van der Waals surface area (Å²) in [5.41, 5.74) is 2.41. The van der Waals surface area contributed by atoms with Crippen LogP contribution < -0.4 is 4.74 Å². The Labute approximate surface area is 182 Å². The number of hydrogen-bond donors (Lipinski definition) is 0. The Bertz CT molecular complexity index is 997. The van der Waals surface area contributed by atoms with Crippen LogP contribution in [0, 0.1) is 0 Å². The number of sulfonamides is 1. The van der Waals surface area contributed by atoms with E-state index in [2.05, 4.69) is 17.0 Å². The minimum absolute atomic E-state index is 0.0489. The van der Waals surface area contributed by atoms with Crippen molar-refractivity contribution in [1.29, 1.82) is 0 Å². The second-order valence-corrected chi connectivity index (χ2v) is 10.7. The molecule has 1 fully saturated rings. The number of ether oxygens (including phenoxy) is 1. The summed E-state index contributed by atoms with van der Waals surface area (Å²) in [7, 11) is -0.698. The number of rotatable bonds is 5. The van der Waals surface area contributed by atoms with Crippen LogP contribution in [0.5, 0.6) is 5.75 Å². The molecule has 4 rings (SSSR count). The van der Waals surface area contributed by atoms with Crippen LogP contribution in [-0.2, 0) is 16.4 Å². The molecule has 0 N–H and O–H groups in total. The molecule has 1 saturated heterocycles. The van der Waals surface area contributed by atoms with E-state index in [1.54, 1.807) is 0 Å². The fourth-order valence-corrected chi connectivity index (χ4v) is 5.87. The fourth-order valence-electron chi connectivity index (χ4n) is 4.21. The summed E-state index contributed by atoms with van der Waals surface area (Å²) in [5.74, 6) is 0.330. The Morgan fingerprint density at radius 2 is 1.69 bits per heavy atom. The van der Waals surface area contributed by atoms with Crippen molar-refractivity contribution in [3.05, 3.63) is 57.6 Å². The first kappa shape index (κ1) is 20.9. The highest BCUT2D eigenvalue weighted by atomic mass is 35.5. The molecule has 0 radical (unpaired) electrons. The largest absolute Gasteiger partial charge is 0.481 e. The maximum absolute atomic E-state index is 12.4. The molecule has 0 amide bonds. The molecule has 156 valence electrons. The highest BCUT2D eigenvalue weighted by molar-refractivity contribution is 7.89. The normalized spacial score (nSPS) is 22.2. The molecule has 2 atom stereocenters. The van der Waals surface area contributed by atoms with Gasteiger partial charge in [-0.1, -0.05) is 47.5 Å². The van der Waals surface area contributed by atoms with E-state index in [-0.39, 0.29) is 27.1 Å². The van der Waals surface area contributed by atoms with Crippen LogP contribution >= 0.6 is 23.2 Å². The molecule has 2 aliphatic rings. The van der Waals surface area contributed by atoms with Gasteiger partial charge in [-0.05, 0) is 55.6 Å². The molecule has 2 aromatic carbocycles. The Hall–Kier alpha value is -1.31. The molecular weight excluding hydrogens is 431 g/mol. The van der Waals surface area contributed by atoms with Gasteiger partial charge in [-0.3, -0.25) is 4.90 Å². The van der Waals surface area contributed by atoms with Crippen molar-refractivity contribution >= 4 is 33.2 Å². The van der Waals surface area contributed by atoms with E-state index in [1.165, 1.54) is 44.6 Å². The number of nitrogens with zero attached hydrogens (tertiary/aromatic N) is 2. The minimum Gasteiger partial charge on any atom is -0.481 e. The summed E-state index contributed by atoms with van der Waals surface area (Å²) >= 11 is 12.9. The SMILES string of the molecule is CN(C)S(=O)(=O)c1cc(Cl)c(O[C@H]2c3ccccc3C[C@@H]2N2CCCC2)c(Cl)c1. The first-order valence-electron chi connectivity index (χ1n) is 9.69. The minimum atomic E-state index is -3.64. The molecule has 0 aromatic heterocycles. The Morgan fingerprint density at radius 3 is 2.31 bits per heavy atom. The lowest BCUT2D eigenvalue weighted by Crippen LogP contribution is -2.38. The maximum Gasteiger partial charge on any atom is 0.242 e. The number of likely N-dealkylation sites (tertiary alicyclic amines) is 1. The van der Waals surface area contributed by atoms with Crippen LogP contribution in [0.2, 0.25) is 10.0 Å². The molecule has 0 spiro atoms. The van der Waals surface area contributed by atoms with Gasteiger partial charge < -0.3 is 4.74 Å². The van der Waals surface area contributed by atoms with Gasteiger partial charge in [-0.25, -0.2) is 12.7 Å². The third-order valence-corrected chi connectivity index (χ3v) is 8.10. The zero-order valence-electron chi connectivity index (χ0n) is 16.4. The van der Waals surface area contributed by atoms with E-state index in [1.807, 2.05) is 12.1 Å². The molecule has 2 aromatic rings. The van der Waals surface area contributed by atoms with Crippen molar-refractivity contribution in [3.8, 4) is 5.75 Å². The quantitative estimate of drug-likeness (QED) is 0.672. The number of fused-ring (bicyclic) bond motifs is 1. The van der Waals surface area contributed by atoms with E-state index in [0.717, 1.165) is 29.4 Å². The van der Waals surface area contributed by atoms with E-state index in [4.69, 9.17) is 27.9 Å². The van der Waals surface area contributed by atoms with Gasteiger partial charge in [0.15, 0.2) is 5.75 Å². The van der Waals surface area contributed by atoms with Crippen LogP contribution in [0.4, 0.5) is 0 Å². The van der Waals surface area contributed by atoms with E-state index in [0.29, 0.717) is 5.75 Å². The lowest BCUT2D eigenvalue weighted by atomic mass is 10.1. The standard InChI is InChI=1S/C21H24Cl2N2O3S/c1-24(2)29(26,27)15-12-17(22)21(18(23)13-15)28-20-16-8-4-3-7-14(16)11-19(20)25-9-5-6-10-25/h3-4,7-8,12-13,19-20H,5-6,9-11H2,1-2H3/t19-,20-/m0/s1. The van der Waals surface area contributed by atoms with Gasteiger partial charge >= 0.3 is 0 Å². The molecule has 29 heavy (non-hydrogen) atoms. The predicted molar refractivity (Wildman–Crippen MR) is 115 cm³/mol. The first-order chi connectivity index (χ1) is 13.8. The molecular formula is C21H24Cl2N2O3S. The summed E-state index contributed by atoms with van der Waals surface area (Å²) < 4.78 is 32.4. The highest BCUT2D eigenvalue weighted by Gasteiger charge is 2.39. The van der Waals surface area contributed by atoms with Crippen LogP contribution in [-0.4, -0.2) is 50.8 Å². The molecule has 1 heterocycles. The monoisotopic (exact) mass is 454 g/mol. The first-order valence-corrected chi connectivity index (χ1v) is 11.9. The fraction of sp³-hybridized carbons (Fsp3) is 0.429. The Kier molecular flexibility index (Phi) is 5.84. The van der Waals surface area contributed by atoms with Crippen LogP contribution in [0.3, 0.4) is 0 Å². The lowest BCUT2D eigenvalue weighted by Gasteiger charge is -2.30. The van der Waals surface area contributed by atoms with Crippen molar-refractivity contribution in [2.45, 2.75) is 36.3 Å².